The minimum absolute atomic E-state index is 0.00794. The Morgan fingerprint density at radius 1 is 1.03 bits per heavy atom. The van der Waals surface area contributed by atoms with Crippen LogP contribution in [0.5, 0.6) is 0 Å². The van der Waals surface area contributed by atoms with Crippen LogP contribution in [0.1, 0.15) is 35.7 Å². The first-order chi connectivity index (χ1) is 13.8. The fraction of sp³-hybridized carbons (Fsp3) is 0.238. The average Bonchev–Trinajstić information content (AvgIpc) is 2.70. The summed E-state index contributed by atoms with van der Waals surface area (Å²) in [6, 6.07) is 14.4. The lowest BCUT2D eigenvalue weighted by atomic mass is 10.1. The molecule has 4 N–H and O–H groups in total. The number of primary amides is 1. The van der Waals surface area contributed by atoms with Gasteiger partial charge in [-0.3, -0.25) is 14.4 Å². The fourth-order valence-corrected chi connectivity index (χ4v) is 2.51. The second-order valence-corrected chi connectivity index (χ2v) is 6.39. The molecule has 8 nitrogen and oxygen atoms in total. The standard InChI is InChI=1S/C21H23N3O5/c1-14(25)16-8-5-9-17(12-16)23-20(27)18(10-11-19(22)26)24-21(28)29-13-15-6-3-2-4-7-15/h2-9,12,18H,10-11,13H2,1H3,(H2,22,26)(H,23,27)(H,24,28)/t18-/m0/s1. The highest BCUT2D eigenvalue weighted by molar-refractivity contribution is 5.99. The van der Waals surface area contributed by atoms with E-state index < -0.39 is 23.9 Å². The summed E-state index contributed by atoms with van der Waals surface area (Å²) in [6.45, 7) is 1.46. The maximum atomic E-state index is 12.6. The molecular formula is C21H23N3O5. The molecule has 152 valence electrons. The van der Waals surface area contributed by atoms with Crippen LogP contribution >= 0.6 is 0 Å². The Kier molecular flexibility index (Phi) is 7.90. The number of ether oxygens (including phenoxy) is 1. The van der Waals surface area contributed by atoms with Crippen LogP contribution in [0.2, 0.25) is 0 Å². The van der Waals surface area contributed by atoms with Crippen LogP contribution in [0.15, 0.2) is 54.6 Å². The summed E-state index contributed by atoms with van der Waals surface area (Å²) in [6.07, 6.45) is -0.880. The first kappa shape index (κ1) is 21.6. The number of ketones is 1. The summed E-state index contributed by atoms with van der Waals surface area (Å²) in [7, 11) is 0. The van der Waals surface area contributed by atoms with E-state index >= 15 is 0 Å². The molecule has 29 heavy (non-hydrogen) atoms. The Hall–Kier alpha value is -3.68. The zero-order valence-corrected chi connectivity index (χ0v) is 16.0. The Balaban J connectivity index is 2.01. The number of rotatable bonds is 9. The maximum absolute atomic E-state index is 12.6. The molecule has 2 aromatic rings. The van der Waals surface area contributed by atoms with Crippen molar-refractivity contribution in [2.24, 2.45) is 5.73 Å². The molecule has 0 saturated carbocycles. The Morgan fingerprint density at radius 2 is 1.76 bits per heavy atom. The molecule has 0 heterocycles. The van der Waals surface area contributed by atoms with Crippen molar-refractivity contribution in [2.75, 3.05) is 5.32 Å². The van der Waals surface area contributed by atoms with Crippen molar-refractivity contribution < 1.29 is 23.9 Å². The predicted octanol–water partition coefficient (Wildman–Crippen LogP) is 2.39. The van der Waals surface area contributed by atoms with Crippen molar-refractivity contribution in [1.29, 1.82) is 0 Å². The minimum Gasteiger partial charge on any atom is -0.445 e. The Bertz CT molecular complexity index is 883. The molecule has 0 aliphatic heterocycles. The molecule has 3 amide bonds. The number of carbonyl (C=O) groups excluding carboxylic acids is 4. The van der Waals surface area contributed by atoms with Gasteiger partial charge in [-0.15, -0.1) is 0 Å². The monoisotopic (exact) mass is 397 g/mol. The molecule has 2 aromatic carbocycles. The third-order valence-electron chi connectivity index (χ3n) is 4.04. The number of anilines is 1. The van der Waals surface area contributed by atoms with Crippen LogP contribution in [0.4, 0.5) is 10.5 Å². The SMILES string of the molecule is CC(=O)c1cccc(NC(=O)[C@H](CCC(N)=O)NC(=O)OCc2ccccc2)c1. The van der Waals surface area contributed by atoms with Gasteiger partial charge in [0.05, 0.1) is 0 Å². The molecule has 8 heteroatoms. The Labute approximate surface area is 168 Å². The summed E-state index contributed by atoms with van der Waals surface area (Å²) < 4.78 is 5.13. The number of nitrogens with two attached hydrogens (primary N) is 1. The lowest BCUT2D eigenvalue weighted by molar-refractivity contribution is -0.119. The fourth-order valence-electron chi connectivity index (χ4n) is 2.51. The molecule has 0 fully saturated rings. The average molecular weight is 397 g/mol. The Morgan fingerprint density at radius 3 is 2.41 bits per heavy atom. The summed E-state index contributed by atoms with van der Waals surface area (Å²) in [5, 5.41) is 5.08. The van der Waals surface area contributed by atoms with E-state index in [1.807, 2.05) is 18.2 Å². The number of hydrogen-bond acceptors (Lipinski definition) is 5. The molecule has 0 aliphatic carbocycles. The molecule has 0 radical (unpaired) electrons. The van der Waals surface area contributed by atoms with Crippen LogP contribution in [0, 0.1) is 0 Å². The van der Waals surface area contributed by atoms with E-state index in [1.54, 1.807) is 30.3 Å². The molecule has 0 saturated heterocycles. The first-order valence-corrected chi connectivity index (χ1v) is 9.02. The number of nitrogens with one attached hydrogen (secondary N) is 2. The highest BCUT2D eigenvalue weighted by Gasteiger charge is 2.22. The molecule has 2 rings (SSSR count). The lowest BCUT2D eigenvalue weighted by Gasteiger charge is -2.18. The van der Waals surface area contributed by atoms with Crippen LogP contribution in [-0.4, -0.2) is 29.7 Å². The van der Waals surface area contributed by atoms with Crippen molar-refractivity contribution in [2.45, 2.75) is 32.4 Å². The van der Waals surface area contributed by atoms with Gasteiger partial charge in [-0.2, -0.15) is 0 Å². The van der Waals surface area contributed by atoms with Crippen LogP contribution in [0.25, 0.3) is 0 Å². The smallest absolute Gasteiger partial charge is 0.408 e. The van der Waals surface area contributed by atoms with Crippen molar-refractivity contribution in [3.63, 3.8) is 0 Å². The van der Waals surface area contributed by atoms with Gasteiger partial charge in [0, 0.05) is 17.7 Å². The molecular weight excluding hydrogens is 374 g/mol. The molecule has 0 aliphatic rings. The molecule has 0 unspecified atom stereocenters. The third kappa shape index (κ3) is 7.45. The van der Waals surface area contributed by atoms with E-state index in [4.69, 9.17) is 10.5 Å². The van der Waals surface area contributed by atoms with Crippen molar-refractivity contribution >= 4 is 29.4 Å². The summed E-state index contributed by atoms with van der Waals surface area (Å²) in [5.74, 6) is -1.29. The largest absolute Gasteiger partial charge is 0.445 e. The maximum Gasteiger partial charge on any atom is 0.408 e. The normalized spacial score (nSPS) is 11.2. The van der Waals surface area contributed by atoms with Crippen LogP contribution in [-0.2, 0) is 20.9 Å². The van der Waals surface area contributed by atoms with E-state index in [1.165, 1.54) is 13.0 Å². The molecule has 0 bridgehead atoms. The van der Waals surface area contributed by atoms with E-state index in [0.717, 1.165) is 5.56 Å². The molecule has 0 aromatic heterocycles. The van der Waals surface area contributed by atoms with Gasteiger partial charge in [0.1, 0.15) is 12.6 Å². The minimum atomic E-state index is -1.04. The number of benzene rings is 2. The van der Waals surface area contributed by atoms with Crippen molar-refractivity contribution in [3.05, 3.63) is 65.7 Å². The zero-order valence-electron chi connectivity index (χ0n) is 16.0. The molecule has 0 spiro atoms. The van der Waals surface area contributed by atoms with Crippen LogP contribution in [0.3, 0.4) is 0 Å². The van der Waals surface area contributed by atoms with E-state index in [0.29, 0.717) is 11.3 Å². The van der Waals surface area contributed by atoms with E-state index in [-0.39, 0.29) is 25.2 Å². The second kappa shape index (κ2) is 10.6. The second-order valence-electron chi connectivity index (χ2n) is 6.39. The van der Waals surface area contributed by atoms with Gasteiger partial charge in [-0.25, -0.2) is 4.79 Å². The van der Waals surface area contributed by atoms with Gasteiger partial charge in [-0.05, 0) is 31.0 Å². The van der Waals surface area contributed by atoms with Crippen molar-refractivity contribution in [3.8, 4) is 0 Å². The van der Waals surface area contributed by atoms with Gasteiger partial charge in [0.15, 0.2) is 5.78 Å². The van der Waals surface area contributed by atoms with Gasteiger partial charge in [-0.1, -0.05) is 42.5 Å². The van der Waals surface area contributed by atoms with E-state index in [2.05, 4.69) is 10.6 Å². The van der Waals surface area contributed by atoms with Gasteiger partial charge in [0.25, 0.3) is 0 Å². The topological polar surface area (TPSA) is 128 Å². The predicted molar refractivity (Wildman–Crippen MR) is 107 cm³/mol. The molecule has 1 atom stereocenters. The zero-order chi connectivity index (χ0) is 21.2. The van der Waals surface area contributed by atoms with Gasteiger partial charge in [0.2, 0.25) is 11.8 Å². The highest BCUT2D eigenvalue weighted by atomic mass is 16.5. The first-order valence-electron chi connectivity index (χ1n) is 9.02. The lowest BCUT2D eigenvalue weighted by Crippen LogP contribution is -2.44. The summed E-state index contributed by atoms with van der Waals surface area (Å²) in [4.78, 5) is 47.3. The van der Waals surface area contributed by atoms with Gasteiger partial charge < -0.3 is 21.1 Å². The summed E-state index contributed by atoms with van der Waals surface area (Å²) in [5.41, 5.74) is 6.78. The van der Waals surface area contributed by atoms with Crippen LogP contribution < -0.4 is 16.4 Å². The number of Topliss-reactive ketones (excluding diaryl/α,β-unsaturated/α-hetero) is 1. The van der Waals surface area contributed by atoms with E-state index in [9.17, 15) is 19.2 Å². The quantitative estimate of drug-likeness (QED) is 0.560. The summed E-state index contributed by atoms with van der Waals surface area (Å²) >= 11 is 0. The number of carbonyl (C=O) groups is 4. The number of amides is 3. The van der Waals surface area contributed by atoms with Gasteiger partial charge >= 0.3 is 6.09 Å². The number of alkyl carbamates (subject to hydrolysis) is 1. The number of hydrogen-bond donors (Lipinski definition) is 3. The third-order valence-corrected chi connectivity index (χ3v) is 4.04. The highest BCUT2D eigenvalue weighted by Crippen LogP contribution is 2.12. The van der Waals surface area contributed by atoms with Crippen molar-refractivity contribution in [1.82, 2.24) is 5.32 Å².